The molecule has 1 aliphatic carbocycles. The minimum absolute atomic E-state index is 0.291. The number of unbranched alkanes of at least 4 members (excludes halogenated alkanes) is 2. The zero-order valence-electron chi connectivity index (χ0n) is 20.2. The Bertz CT molecular complexity index is 900. The molecule has 1 aromatic carbocycles. The van der Waals surface area contributed by atoms with Crippen LogP contribution in [0, 0.1) is 12.8 Å². The van der Waals surface area contributed by atoms with Crippen molar-refractivity contribution in [3.63, 3.8) is 0 Å². The first-order valence-electron chi connectivity index (χ1n) is 13.0. The van der Waals surface area contributed by atoms with Crippen LogP contribution in [0.25, 0.3) is 11.1 Å². The van der Waals surface area contributed by atoms with E-state index in [0.717, 1.165) is 54.9 Å². The Morgan fingerprint density at radius 3 is 2.31 bits per heavy atom. The van der Waals surface area contributed by atoms with Gasteiger partial charge in [-0.2, -0.15) is 0 Å². The van der Waals surface area contributed by atoms with Crippen molar-refractivity contribution in [2.24, 2.45) is 11.7 Å². The Morgan fingerprint density at radius 2 is 1.69 bits per heavy atom. The first kappa shape index (κ1) is 22.9. The van der Waals surface area contributed by atoms with Gasteiger partial charge in [0.15, 0.2) is 0 Å². The molecule has 1 aromatic heterocycles. The number of aromatic nitrogens is 1. The summed E-state index contributed by atoms with van der Waals surface area (Å²) < 4.78 is 2.47. The third-order valence-electron chi connectivity index (χ3n) is 7.69. The lowest BCUT2D eigenvalue weighted by molar-refractivity contribution is 0.1000. The van der Waals surface area contributed by atoms with Gasteiger partial charge in [0, 0.05) is 42.3 Å². The van der Waals surface area contributed by atoms with Crippen molar-refractivity contribution < 1.29 is 4.79 Å². The Kier molecular flexibility index (Phi) is 7.59. The molecule has 4 nitrogen and oxygen atoms in total. The highest BCUT2D eigenvalue weighted by Crippen LogP contribution is 2.37. The molecule has 0 atom stereocenters. The average molecular weight is 436 g/mol. The zero-order valence-corrected chi connectivity index (χ0v) is 20.2. The Morgan fingerprint density at radius 1 is 1.00 bits per heavy atom. The van der Waals surface area contributed by atoms with Crippen LogP contribution >= 0.6 is 0 Å². The second kappa shape index (κ2) is 10.6. The van der Waals surface area contributed by atoms with E-state index in [9.17, 15) is 4.79 Å². The number of primary amides is 1. The van der Waals surface area contributed by atoms with Gasteiger partial charge in [0.2, 0.25) is 0 Å². The summed E-state index contributed by atoms with van der Waals surface area (Å²) in [5.41, 5.74) is 12.6. The lowest BCUT2D eigenvalue weighted by atomic mass is 9.89. The summed E-state index contributed by atoms with van der Waals surface area (Å²) in [7, 11) is 0. The standard InChI is InChI=1S/C28H41N3O/c1-3-4-6-13-25-27(23-14-16-24(17-15-23)30-18-9-10-19-30)26(28(29)32)21(2)31(25)20-22-11-7-5-8-12-22/h14-17,22H,3-13,18-20H2,1-2H3,(H2,29,32). The Hall–Kier alpha value is -2.23. The van der Waals surface area contributed by atoms with E-state index in [-0.39, 0.29) is 5.91 Å². The van der Waals surface area contributed by atoms with Crippen molar-refractivity contribution in [3.8, 4) is 11.1 Å². The van der Waals surface area contributed by atoms with E-state index in [0.29, 0.717) is 5.92 Å². The number of amides is 1. The first-order chi connectivity index (χ1) is 15.6. The molecule has 4 heteroatoms. The molecule has 1 amide bonds. The lowest BCUT2D eigenvalue weighted by Crippen LogP contribution is -2.18. The van der Waals surface area contributed by atoms with E-state index in [1.165, 1.54) is 69.2 Å². The summed E-state index contributed by atoms with van der Waals surface area (Å²) in [6.45, 7) is 7.67. The number of hydrogen-bond acceptors (Lipinski definition) is 2. The van der Waals surface area contributed by atoms with Crippen LogP contribution in [0.3, 0.4) is 0 Å². The van der Waals surface area contributed by atoms with Gasteiger partial charge in [-0.3, -0.25) is 4.79 Å². The van der Waals surface area contributed by atoms with Crippen LogP contribution in [0.4, 0.5) is 5.69 Å². The maximum atomic E-state index is 12.7. The van der Waals surface area contributed by atoms with Gasteiger partial charge in [0.05, 0.1) is 5.56 Å². The smallest absolute Gasteiger partial charge is 0.251 e. The van der Waals surface area contributed by atoms with Crippen LogP contribution < -0.4 is 10.6 Å². The van der Waals surface area contributed by atoms with Gasteiger partial charge in [-0.05, 0) is 69.1 Å². The minimum Gasteiger partial charge on any atom is -0.372 e. The fourth-order valence-electron chi connectivity index (χ4n) is 5.90. The molecular formula is C28H41N3O. The summed E-state index contributed by atoms with van der Waals surface area (Å²) in [5, 5.41) is 0. The van der Waals surface area contributed by atoms with Crippen molar-refractivity contribution in [2.75, 3.05) is 18.0 Å². The molecule has 32 heavy (non-hydrogen) atoms. The molecular weight excluding hydrogens is 394 g/mol. The second-order valence-electron chi connectivity index (χ2n) is 9.96. The monoisotopic (exact) mass is 435 g/mol. The van der Waals surface area contributed by atoms with Crippen LogP contribution in [-0.4, -0.2) is 23.6 Å². The van der Waals surface area contributed by atoms with Gasteiger partial charge in [-0.15, -0.1) is 0 Å². The highest BCUT2D eigenvalue weighted by atomic mass is 16.1. The molecule has 0 bridgehead atoms. The predicted octanol–water partition coefficient (Wildman–Crippen LogP) is 6.48. The van der Waals surface area contributed by atoms with Gasteiger partial charge < -0.3 is 15.2 Å². The van der Waals surface area contributed by atoms with E-state index in [1.54, 1.807) is 0 Å². The molecule has 2 heterocycles. The van der Waals surface area contributed by atoms with Crippen LogP contribution in [0.5, 0.6) is 0 Å². The second-order valence-corrected chi connectivity index (χ2v) is 9.96. The van der Waals surface area contributed by atoms with E-state index in [2.05, 4.69) is 47.6 Å². The molecule has 4 rings (SSSR count). The topological polar surface area (TPSA) is 51.3 Å². The van der Waals surface area contributed by atoms with Crippen molar-refractivity contribution in [2.45, 2.75) is 91.0 Å². The van der Waals surface area contributed by atoms with Gasteiger partial charge in [-0.25, -0.2) is 0 Å². The van der Waals surface area contributed by atoms with Crippen LogP contribution in [-0.2, 0) is 13.0 Å². The number of nitrogens with two attached hydrogens (primary N) is 1. The highest BCUT2D eigenvalue weighted by Gasteiger charge is 2.26. The van der Waals surface area contributed by atoms with E-state index in [4.69, 9.17) is 5.73 Å². The molecule has 2 N–H and O–H groups in total. The van der Waals surface area contributed by atoms with E-state index >= 15 is 0 Å². The molecule has 174 valence electrons. The fourth-order valence-corrected chi connectivity index (χ4v) is 5.90. The molecule has 1 saturated heterocycles. The summed E-state index contributed by atoms with van der Waals surface area (Å²) in [6.07, 6.45) is 13.8. The lowest BCUT2D eigenvalue weighted by Gasteiger charge is -2.24. The number of nitrogens with zero attached hydrogens (tertiary/aromatic N) is 2. The van der Waals surface area contributed by atoms with Crippen LogP contribution in [0.2, 0.25) is 0 Å². The predicted molar refractivity (Wildman–Crippen MR) is 134 cm³/mol. The molecule has 2 aromatic rings. The number of rotatable bonds is 9. The Labute approximate surface area is 194 Å². The number of carbonyl (C=O) groups is 1. The Balaban J connectivity index is 1.74. The normalized spacial score (nSPS) is 17.2. The molecule has 0 spiro atoms. The molecule has 1 saturated carbocycles. The quantitative estimate of drug-likeness (QED) is 0.459. The third-order valence-corrected chi connectivity index (χ3v) is 7.69. The van der Waals surface area contributed by atoms with Crippen LogP contribution in [0.1, 0.15) is 92.9 Å². The summed E-state index contributed by atoms with van der Waals surface area (Å²) in [6, 6.07) is 8.89. The van der Waals surface area contributed by atoms with Gasteiger partial charge in [0.25, 0.3) is 5.91 Å². The maximum Gasteiger partial charge on any atom is 0.251 e. The summed E-state index contributed by atoms with van der Waals surface area (Å²) in [4.78, 5) is 15.1. The van der Waals surface area contributed by atoms with E-state index < -0.39 is 0 Å². The molecule has 2 aliphatic rings. The van der Waals surface area contributed by atoms with Crippen molar-refractivity contribution in [1.29, 1.82) is 0 Å². The van der Waals surface area contributed by atoms with Gasteiger partial charge >= 0.3 is 0 Å². The van der Waals surface area contributed by atoms with Gasteiger partial charge in [0.1, 0.15) is 0 Å². The first-order valence-corrected chi connectivity index (χ1v) is 13.0. The summed E-state index contributed by atoms with van der Waals surface area (Å²) in [5.74, 6) is 0.422. The van der Waals surface area contributed by atoms with Crippen molar-refractivity contribution in [3.05, 3.63) is 41.2 Å². The molecule has 0 radical (unpaired) electrons. The third kappa shape index (κ3) is 4.89. The number of hydrogen-bond donors (Lipinski definition) is 1. The SMILES string of the molecule is CCCCCc1c(-c2ccc(N3CCCC3)cc2)c(C(N)=O)c(C)n1CC1CCCCC1. The number of anilines is 1. The highest BCUT2D eigenvalue weighted by molar-refractivity contribution is 6.02. The van der Waals surface area contributed by atoms with Crippen molar-refractivity contribution >= 4 is 11.6 Å². The summed E-state index contributed by atoms with van der Waals surface area (Å²) >= 11 is 0. The zero-order chi connectivity index (χ0) is 22.5. The molecule has 2 fully saturated rings. The van der Waals surface area contributed by atoms with Gasteiger partial charge in [-0.1, -0.05) is 51.2 Å². The van der Waals surface area contributed by atoms with E-state index in [1.807, 2.05) is 0 Å². The average Bonchev–Trinajstić information content (AvgIpc) is 3.43. The largest absolute Gasteiger partial charge is 0.372 e. The maximum absolute atomic E-state index is 12.7. The van der Waals surface area contributed by atoms with Crippen molar-refractivity contribution in [1.82, 2.24) is 4.57 Å². The van der Waals surface area contributed by atoms with Crippen LogP contribution in [0.15, 0.2) is 24.3 Å². The molecule has 0 unspecified atom stereocenters. The fraction of sp³-hybridized carbons (Fsp3) is 0.607. The number of carbonyl (C=O) groups excluding carboxylic acids is 1. The minimum atomic E-state index is -0.291. The molecule has 1 aliphatic heterocycles. The number of benzene rings is 1.